The number of allylic oxidation sites excluding steroid dienone is 1. The number of hydrogen-bond donors (Lipinski definition) is 1. The molecule has 2 heterocycles. The Bertz CT molecular complexity index is 1170. The molecule has 0 spiro atoms. The number of nitrogens with one attached hydrogen (secondary N) is 1. The van der Waals surface area contributed by atoms with Gasteiger partial charge < -0.3 is 10.1 Å². The van der Waals surface area contributed by atoms with Crippen LogP contribution in [0, 0.1) is 31.1 Å². The highest BCUT2D eigenvalue weighted by Gasteiger charge is 2.20. The molecule has 0 unspecified atom stereocenters. The Balaban J connectivity index is 1.82. The molecule has 0 aliphatic heterocycles. The molecule has 1 N–H and O–H groups in total. The first-order valence-corrected chi connectivity index (χ1v) is 12.2. The summed E-state index contributed by atoms with van der Waals surface area (Å²) >= 11 is 2.89. The summed E-state index contributed by atoms with van der Waals surface area (Å²) in [6.45, 7) is 10.4. The van der Waals surface area contributed by atoms with Gasteiger partial charge in [-0.2, -0.15) is 5.26 Å². The van der Waals surface area contributed by atoms with Crippen molar-refractivity contribution in [2.45, 2.75) is 41.0 Å². The zero-order valence-electron chi connectivity index (χ0n) is 19.0. The Morgan fingerprint density at radius 2 is 2.00 bits per heavy atom. The maximum absolute atomic E-state index is 12.4. The van der Waals surface area contributed by atoms with E-state index in [9.17, 15) is 10.1 Å². The lowest BCUT2D eigenvalue weighted by Crippen LogP contribution is -2.07. The maximum atomic E-state index is 12.4. The van der Waals surface area contributed by atoms with Gasteiger partial charge in [-0.3, -0.25) is 0 Å². The molecule has 3 aromatic rings. The molecular formula is C25H27N3O2S2. The first-order valence-electron chi connectivity index (χ1n) is 10.5. The molecular weight excluding hydrogens is 438 g/mol. The van der Waals surface area contributed by atoms with Gasteiger partial charge >= 0.3 is 5.97 Å². The zero-order valence-corrected chi connectivity index (χ0v) is 20.6. The zero-order chi connectivity index (χ0) is 23.3. The summed E-state index contributed by atoms with van der Waals surface area (Å²) in [5.41, 5.74) is 5.00. The second-order valence-corrected chi connectivity index (χ2v) is 9.94. The van der Waals surface area contributed by atoms with Crippen LogP contribution >= 0.6 is 22.7 Å². The van der Waals surface area contributed by atoms with Gasteiger partial charge in [0.1, 0.15) is 21.7 Å². The molecule has 32 heavy (non-hydrogen) atoms. The largest absolute Gasteiger partial charge is 0.462 e. The fraction of sp³-hybridized carbons (Fsp3) is 0.320. The molecule has 7 heteroatoms. The summed E-state index contributed by atoms with van der Waals surface area (Å²) in [6.07, 6.45) is 2.66. The van der Waals surface area contributed by atoms with Crippen molar-refractivity contribution in [3.63, 3.8) is 0 Å². The third-order valence-electron chi connectivity index (χ3n) is 4.96. The molecule has 0 saturated carbocycles. The minimum Gasteiger partial charge on any atom is -0.462 e. The van der Waals surface area contributed by atoms with Crippen LogP contribution in [0.3, 0.4) is 0 Å². The van der Waals surface area contributed by atoms with E-state index < -0.39 is 0 Å². The minimum atomic E-state index is -0.360. The second kappa shape index (κ2) is 10.6. The molecule has 166 valence electrons. The molecule has 0 aliphatic carbocycles. The van der Waals surface area contributed by atoms with E-state index in [2.05, 4.69) is 54.5 Å². The van der Waals surface area contributed by atoms with Crippen molar-refractivity contribution in [3.05, 3.63) is 62.4 Å². The van der Waals surface area contributed by atoms with Crippen LogP contribution < -0.4 is 5.32 Å². The van der Waals surface area contributed by atoms with Crippen LogP contribution in [-0.4, -0.2) is 17.6 Å². The summed E-state index contributed by atoms with van der Waals surface area (Å²) in [5.74, 6) is 0.254. The summed E-state index contributed by atoms with van der Waals surface area (Å²) in [5, 5.41) is 16.1. The highest BCUT2D eigenvalue weighted by Crippen LogP contribution is 2.34. The molecule has 0 atom stereocenters. The SMILES string of the molecule is CCOC(=O)c1c(NC=C(C#N)c2nc(-c3ccc(CC(C)C)cc3)cs2)sc(C)c1C. The standard InChI is InChI=1S/C25H27N3O2S2/c1-6-30-25(29)22-16(4)17(5)32-24(22)27-13-20(12-26)23-28-21(14-31-23)19-9-7-18(8-10-19)11-15(2)3/h7-10,13-15,27H,6,11H2,1-5H3. The molecule has 2 aromatic heterocycles. The smallest absolute Gasteiger partial charge is 0.341 e. The van der Waals surface area contributed by atoms with Crippen LogP contribution in [-0.2, 0) is 11.2 Å². The van der Waals surface area contributed by atoms with Crippen LogP contribution in [0.25, 0.3) is 16.8 Å². The van der Waals surface area contributed by atoms with Crippen molar-refractivity contribution in [1.29, 1.82) is 5.26 Å². The molecule has 0 amide bonds. The number of nitrogens with zero attached hydrogens (tertiary/aromatic N) is 2. The molecule has 0 radical (unpaired) electrons. The number of carbonyl (C=O) groups excluding carboxylic acids is 1. The number of esters is 1. The predicted molar refractivity (Wildman–Crippen MR) is 133 cm³/mol. The first kappa shape index (κ1) is 23.7. The molecule has 0 aliphatic rings. The Kier molecular flexibility index (Phi) is 7.84. The number of thiophene rings is 1. The number of ether oxygens (including phenoxy) is 1. The van der Waals surface area contributed by atoms with Crippen LogP contribution in [0.5, 0.6) is 0 Å². The Labute approximate surface area is 197 Å². The first-order chi connectivity index (χ1) is 15.3. The minimum absolute atomic E-state index is 0.312. The number of nitriles is 1. The fourth-order valence-electron chi connectivity index (χ4n) is 3.27. The maximum Gasteiger partial charge on any atom is 0.341 e. The Hall–Kier alpha value is -2.95. The third-order valence-corrected chi connectivity index (χ3v) is 6.98. The Morgan fingerprint density at radius 1 is 1.28 bits per heavy atom. The number of aromatic nitrogens is 1. The topological polar surface area (TPSA) is 75.0 Å². The van der Waals surface area contributed by atoms with Gasteiger partial charge in [0.15, 0.2) is 0 Å². The quantitative estimate of drug-likeness (QED) is 0.291. The fourth-order valence-corrected chi connectivity index (χ4v) is 5.08. The summed E-state index contributed by atoms with van der Waals surface area (Å²) in [4.78, 5) is 18.1. The second-order valence-electron chi connectivity index (χ2n) is 7.85. The van der Waals surface area contributed by atoms with E-state index in [0.29, 0.717) is 33.7 Å². The van der Waals surface area contributed by atoms with E-state index in [1.165, 1.54) is 28.2 Å². The molecule has 3 rings (SSSR count). The van der Waals surface area contributed by atoms with Crippen LogP contribution in [0.15, 0.2) is 35.8 Å². The number of carbonyl (C=O) groups is 1. The highest BCUT2D eigenvalue weighted by atomic mass is 32.1. The van der Waals surface area contributed by atoms with Gasteiger partial charge in [0.2, 0.25) is 0 Å². The summed E-state index contributed by atoms with van der Waals surface area (Å²) in [6, 6.07) is 10.6. The van der Waals surface area contributed by atoms with Crippen LogP contribution in [0.1, 0.15) is 52.1 Å². The average Bonchev–Trinajstić information content (AvgIpc) is 3.34. The van der Waals surface area contributed by atoms with Crippen molar-refractivity contribution in [2.24, 2.45) is 5.92 Å². The van der Waals surface area contributed by atoms with Crippen molar-refractivity contribution in [3.8, 4) is 17.3 Å². The van der Waals surface area contributed by atoms with Crippen molar-refractivity contribution in [2.75, 3.05) is 11.9 Å². The van der Waals surface area contributed by atoms with Gasteiger partial charge in [-0.1, -0.05) is 38.1 Å². The molecule has 0 fully saturated rings. The van der Waals surface area contributed by atoms with E-state index in [1.807, 2.05) is 19.2 Å². The summed E-state index contributed by atoms with van der Waals surface area (Å²) in [7, 11) is 0. The lowest BCUT2D eigenvalue weighted by Gasteiger charge is -2.05. The van der Waals surface area contributed by atoms with Gasteiger partial charge in [-0.15, -0.1) is 22.7 Å². The van der Waals surface area contributed by atoms with Crippen LogP contribution in [0.4, 0.5) is 5.00 Å². The lowest BCUT2D eigenvalue weighted by molar-refractivity contribution is 0.0527. The molecule has 5 nitrogen and oxygen atoms in total. The van der Waals surface area contributed by atoms with Gasteiger partial charge in [0.25, 0.3) is 0 Å². The number of thiazole rings is 1. The van der Waals surface area contributed by atoms with E-state index in [4.69, 9.17) is 4.74 Å². The van der Waals surface area contributed by atoms with Gasteiger partial charge in [-0.25, -0.2) is 9.78 Å². The number of rotatable bonds is 8. The van der Waals surface area contributed by atoms with Gasteiger partial charge in [-0.05, 0) is 44.2 Å². The molecule has 0 bridgehead atoms. The monoisotopic (exact) mass is 465 g/mol. The van der Waals surface area contributed by atoms with E-state index >= 15 is 0 Å². The van der Waals surface area contributed by atoms with Gasteiger partial charge in [0, 0.05) is 22.0 Å². The molecule has 1 aromatic carbocycles. The number of hydrogen-bond acceptors (Lipinski definition) is 7. The lowest BCUT2D eigenvalue weighted by atomic mass is 10.0. The van der Waals surface area contributed by atoms with E-state index in [0.717, 1.165) is 28.1 Å². The summed E-state index contributed by atoms with van der Waals surface area (Å²) < 4.78 is 5.19. The van der Waals surface area contributed by atoms with E-state index in [-0.39, 0.29) is 5.97 Å². The average molecular weight is 466 g/mol. The van der Waals surface area contributed by atoms with Crippen molar-refractivity contribution < 1.29 is 9.53 Å². The van der Waals surface area contributed by atoms with Crippen molar-refractivity contribution >= 4 is 39.2 Å². The Morgan fingerprint density at radius 3 is 2.62 bits per heavy atom. The normalized spacial score (nSPS) is 11.5. The number of anilines is 1. The van der Waals surface area contributed by atoms with E-state index in [1.54, 1.807) is 13.1 Å². The van der Waals surface area contributed by atoms with Gasteiger partial charge in [0.05, 0.1) is 17.9 Å². The predicted octanol–water partition coefficient (Wildman–Crippen LogP) is 6.84. The highest BCUT2D eigenvalue weighted by molar-refractivity contribution is 7.16. The number of benzene rings is 1. The number of aryl methyl sites for hydroxylation is 1. The molecule has 0 saturated heterocycles. The third kappa shape index (κ3) is 5.45. The van der Waals surface area contributed by atoms with Crippen LogP contribution in [0.2, 0.25) is 0 Å². The van der Waals surface area contributed by atoms with Crippen molar-refractivity contribution in [1.82, 2.24) is 4.98 Å².